The Morgan fingerprint density at radius 1 is 1.05 bits per heavy atom. The van der Waals surface area contributed by atoms with Crippen LogP contribution < -0.4 is 10.5 Å². The van der Waals surface area contributed by atoms with Gasteiger partial charge in [-0.25, -0.2) is 0 Å². The van der Waals surface area contributed by atoms with Gasteiger partial charge in [-0.15, -0.1) is 0 Å². The molecular weight excluding hydrogens is 540 g/mol. The lowest BCUT2D eigenvalue weighted by Crippen LogP contribution is -2.58. The number of Topliss-reactive ketones (excluding diaryl/α,β-unsaturated/α-hetero) is 2. The van der Waals surface area contributed by atoms with Crippen molar-refractivity contribution >= 4 is 23.2 Å². The van der Waals surface area contributed by atoms with Gasteiger partial charge in [-0.3, -0.25) is 19.3 Å². The van der Waals surface area contributed by atoms with Gasteiger partial charge in [0.2, 0.25) is 5.78 Å². The molecule has 42 heavy (non-hydrogen) atoms. The summed E-state index contributed by atoms with van der Waals surface area (Å²) in [5.74, 6) is -5.87. The number of ketones is 2. The number of nitrogens with two attached hydrogens (primary N) is 1. The van der Waals surface area contributed by atoms with Crippen molar-refractivity contribution in [3.05, 3.63) is 63.9 Å². The molecule has 1 saturated heterocycles. The molecule has 4 aliphatic rings. The number of ether oxygens (including phenoxy) is 1. The highest BCUT2D eigenvalue weighted by Crippen LogP contribution is 2.53. The first kappa shape index (κ1) is 28.0. The number of primary amides is 1. The Bertz CT molecular complexity index is 1580. The van der Waals surface area contributed by atoms with Crippen LogP contribution in [0, 0.1) is 11.8 Å². The molecule has 0 bridgehead atoms. The molecule has 0 aromatic heterocycles. The number of amides is 1. The van der Waals surface area contributed by atoms with E-state index in [2.05, 4.69) is 11.0 Å². The van der Waals surface area contributed by atoms with Gasteiger partial charge in [-0.05, 0) is 79.6 Å². The van der Waals surface area contributed by atoms with E-state index in [4.69, 9.17) is 10.5 Å². The minimum absolute atomic E-state index is 0.0584. The Morgan fingerprint density at radius 3 is 2.48 bits per heavy atom. The predicted molar refractivity (Wildman–Crippen MR) is 153 cm³/mol. The van der Waals surface area contributed by atoms with Crippen LogP contribution in [0.2, 0.25) is 0 Å². The number of methoxy groups -OCH3 is 1. The van der Waals surface area contributed by atoms with Crippen molar-refractivity contribution in [1.82, 2.24) is 4.90 Å². The van der Waals surface area contributed by atoms with Crippen molar-refractivity contribution in [1.29, 1.82) is 0 Å². The zero-order chi connectivity index (χ0) is 29.9. The number of nitrogens with zero attached hydrogens (tertiary/aromatic N) is 1. The number of carbonyl (C=O) groups is 3. The third-order valence-corrected chi connectivity index (χ3v) is 9.36. The van der Waals surface area contributed by atoms with Crippen LogP contribution in [0.15, 0.2) is 47.2 Å². The molecule has 2 unspecified atom stereocenters. The van der Waals surface area contributed by atoms with E-state index in [0.717, 1.165) is 36.3 Å². The molecule has 1 saturated carbocycles. The number of benzene rings is 2. The van der Waals surface area contributed by atoms with E-state index in [1.54, 1.807) is 13.2 Å². The van der Waals surface area contributed by atoms with E-state index < -0.39 is 52.0 Å². The highest BCUT2D eigenvalue weighted by molar-refractivity contribution is 6.22. The number of fused-ring (bicyclic) bond motifs is 3. The molecule has 0 radical (unpaired) electrons. The number of likely N-dealkylation sites (tertiary alicyclic amines) is 1. The van der Waals surface area contributed by atoms with E-state index in [-0.39, 0.29) is 36.1 Å². The van der Waals surface area contributed by atoms with Crippen LogP contribution >= 0.6 is 0 Å². The van der Waals surface area contributed by atoms with E-state index in [1.807, 2.05) is 12.1 Å². The van der Waals surface area contributed by atoms with Gasteiger partial charge in [-0.1, -0.05) is 18.6 Å². The summed E-state index contributed by atoms with van der Waals surface area (Å²) in [5.41, 5.74) is 4.96. The largest absolute Gasteiger partial charge is 0.508 e. The van der Waals surface area contributed by atoms with Crippen LogP contribution in [-0.4, -0.2) is 68.6 Å². The summed E-state index contributed by atoms with van der Waals surface area (Å²) in [7, 11) is 1.58. The number of aliphatic hydroxyl groups excluding tert-OH is 2. The summed E-state index contributed by atoms with van der Waals surface area (Å²) in [6.45, 7) is 2.85. The number of aromatic hydroxyl groups is 1. The molecule has 6 N–H and O–H groups in total. The number of hydrogen-bond acceptors (Lipinski definition) is 9. The summed E-state index contributed by atoms with van der Waals surface area (Å²) < 4.78 is 5.71. The predicted octanol–water partition coefficient (Wildman–Crippen LogP) is 3.09. The van der Waals surface area contributed by atoms with Crippen molar-refractivity contribution in [3.63, 3.8) is 0 Å². The Labute approximate surface area is 242 Å². The summed E-state index contributed by atoms with van der Waals surface area (Å²) >= 11 is 0. The van der Waals surface area contributed by atoms with Gasteiger partial charge in [0.15, 0.2) is 11.4 Å². The van der Waals surface area contributed by atoms with Crippen molar-refractivity contribution in [2.45, 2.75) is 50.7 Å². The molecule has 3 aliphatic carbocycles. The maximum absolute atomic E-state index is 13.8. The van der Waals surface area contributed by atoms with Gasteiger partial charge in [0.25, 0.3) is 5.91 Å². The maximum atomic E-state index is 13.8. The standard InChI is InChI=1S/C32H34N2O8/c1-42-24-8-5-16(15-34-9-3-2-4-10-34)11-20(24)19-6-7-22(35)26-21(19)13-17-12-18-14-23(36)27(31(33)40)30(39)32(18,41)29(38)25(17)28(26)37/h5-8,11,17-18,35,37,39,41H,2-4,9-10,12-15H2,1H3,(H2,33,40)/t17?,18?,32-/m0/s1. The third-order valence-electron chi connectivity index (χ3n) is 9.36. The molecule has 2 fully saturated rings. The number of rotatable bonds is 5. The van der Waals surface area contributed by atoms with E-state index in [0.29, 0.717) is 11.3 Å². The third kappa shape index (κ3) is 4.20. The monoisotopic (exact) mass is 574 g/mol. The van der Waals surface area contributed by atoms with Gasteiger partial charge >= 0.3 is 0 Å². The molecule has 10 nitrogen and oxygen atoms in total. The molecule has 0 spiro atoms. The second-order valence-electron chi connectivity index (χ2n) is 11.8. The van der Waals surface area contributed by atoms with E-state index in [1.165, 1.54) is 25.3 Å². The number of piperidine rings is 1. The first-order valence-electron chi connectivity index (χ1n) is 14.3. The lowest BCUT2D eigenvalue weighted by molar-refractivity contribution is -0.147. The van der Waals surface area contributed by atoms with Crippen molar-refractivity contribution in [2.75, 3.05) is 20.2 Å². The number of phenols is 1. The summed E-state index contributed by atoms with van der Waals surface area (Å²) in [6.07, 6.45) is 3.51. The lowest BCUT2D eigenvalue weighted by atomic mass is 9.59. The molecule has 1 heterocycles. The number of carbonyl (C=O) groups excluding carboxylic acids is 3. The van der Waals surface area contributed by atoms with Crippen molar-refractivity contribution in [2.24, 2.45) is 17.6 Å². The van der Waals surface area contributed by atoms with Gasteiger partial charge < -0.3 is 30.9 Å². The normalized spacial score (nSPS) is 26.0. The highest BCUT2D eigenvalue weighted by atomic mass is 16.5. The second kappa shape index (κ2) is 10.3. The first-order chi connectivity index (χ1) is 20.1. The van der Waals surface area contributed by atoms with Gasteiger partial charge in [0, 0.05) is 30.0 Å². The maximum Gasteiger partial charge on any atom is 0.255 e. The Balaban J connectivity index is 1.47. The summed E-state index contributed by atoms with van der Waals surface area (Å²) in [4.78, 5) is 40.7. The van der Waals surface area contributed by atoms with Gasteiger partial charge in [0.1, 0.15) is 28.6 Å². The van der Waals surface area contributed by atoms with E-state index in [9.17, 15) is 34.8 Å². The molecule has 6 rings (SSSR count). The molecule has 2 aromatic rings. The molecular formula is C32H34N2O8. The fourth-order valence-corrected chi connectivity index (χ4v) is 7.31. The minimum Gasteiger partial charge on any atom is -0.508 e. The molecule has 2 aromatic carbocycles. The number of phenolic OH excluding ortho intramolecular Hbond substituents is 1. The Kier molecular flexibility index (Phi) is 6.86. The average molecular weight is 575 g/mol. The summed E-state index contributed by atoms with van der Waals surface area (Å²) in [6, 6.07) is 9.18. The minimum atomic E-state index is -2.59. The van der Waals surface area contributed by atoms with Crippen molar-refractivity contribution in [3.8, 4) is 22.6 Å². The molecule has 1 amide bonds. The second-order valence-corrected chi connectivity index (χ2v) is 11.8. The fraction of sp³-hybridized carbons (Fsp3) is 0.406. The van der Waals surface area contributed by atoms with Crippen LogP contribution in [0.5, 0.6) is 11.5 Å². The molecule has 10 heteroatoms. The van der Waals surface area contributed by atoms with Crippen molar-refractivity contribution < 1.29 is 39.5 Å². The van der Waals surface area contributed by atoms with E-state index >= 15 is 0 Å². The zero-order valence-electron chi connectivity index (χ0n) is 23.4. The lowest BCUT2D eigenvalue weighted by Gasteiger charge is -2.46. The number of hydrogen-bond donors (Lipinski definition) is 5. The van der Waals surface area contributed by atoms with Crippen LogP contribution in [0.4, 0.5) is 0 Å². The molecule has 1 aliphatic heterocycles. The molecule has 220 valence electrons. The Hall–Kier alpha value is -4.15. The van der Waals surface area contributed by atoms with Crippen LogP contribution in [0.1, 0.15) is 48.8 Å². The fourth-order valence-electron chi connectivity index (χ4n) is 7.31. The molecule has 3 atom stereocenters. The quantitative estimate of drug-likeness (QED) is 0.337. The summed E-state index contributed by atoms with van der Waals surface area (Å²) in [5, 5.41) is 44.6. The van der Waals surface area contributed by atoms with Crippen LogP contribution in [0.3, 0.4) is 0 Å². The van der Waals surface area contributed by atoms with Crippen LogP contribution in [0.25, 0.3) is 16.9 Å². The number of aliphatic hydroxyl groups is 3. The topological polar surface area (TPSA) is 171 Å². The average Bonchev–Trinajstić information content (AvgIpc) is 2.95. The zero-order valence-corrected chi connectivity index (χ0v) is 23.4. The Morgan fingerprint density at radius 2 is 1.79 bits per heavy atom. The first-order valence-corrected chi connectivity index (χ1v) is 14.3. The van der Waals surface area contributed by atoms with Gasteiger partial charge in [-0.2, -0.15) is 0 Å². The highest BCUT2D eigenvalue weighted by Gasteiger charge is 2.60. The SMILES string of the molecule is COc1ccc(CN2CCCCC2)cc1-c1ccc(O)c2c1CC1CC3CC(=O)C(C(N)=O)=C(O)[C@@]3(O)C(=O)C1=C2O. The van der Waals surface area contributed by atoms with Crippen LogP contribution in [-0.2, 0) is 27.3 Å². The van der Waals surface area contributed by atoms with Gasteiger partial charge in [0.05, 0.1) is 12.7 Å². The smallest absolute Gasteiger partial charge is 0.255 e.